The van der Waals surface area contributed by atoms with Crippen LogP contribution < -0.4 is 0 Å². The van der Waals surface area contributed by atoms with Crippen LogP contribution in [0.4, 0.5) is 0 Å². The number of aliphatic hydroxyl groups excluding tert-OH is 1. The molecule has 0 aromatic rings. The average molecular weight is 197 g/mol. The lowest BCUT2D eigenvalue weighted by atomic mass is 9.88. The number of nitrogens with zero attached hydrogens (tertiary/aromatic N) is 1. The van der Waals surface area contributed by atoms with E-state index < -0.39 is 0 Å². The third-order valence-electron chi connectivity index (χ3n) is 4.06. The smallest absolute Gasteiger partial charge is 0.0746 e. The molecule has 1 N–H and O–H groups in total. The van der Waals surface area contributed by atoms with Crippen LogP contribution in [-0.4, -0.2) is 34.7 Å². The summed E-state index contributed by atoms with van der Waals surface area (Å²) in [7, 11) is 0. The van der Waals surface area contributed by atoms with Crippen molar-refractivity contribution in [3.05, 3.63) is 0 Å². The van der Waals surface area contributed by atoms with Crippen LogP contribution in [0.1, 0.15) is 46.5 Å². The van der Waals surface area contributed by atoms with E-state index in [9.17, 15) is 5.11 Å². The molecule has 0 amide bonds. The number of likely N-dealkylation sites (N-methyl/N-ethyl adjacent to an activating group) is 1. The van der Waals surface area contributed by atoms with Gasteiger partial charge in [-0.1, -0.05) is 20.8 Å². The Hall–Kier alpha value is -0.0800. The predicted octanol–water partition coefficient (Wildman–Crippen LogP) is 2.02. The minimum atomic E-state index is -0.122. The van der Waals surface area contributed by atoms with Crippen LogP contribution >= 0.6 is 0 Å². The Labute approximate surface area is 87.3 Å². The molecule has 82 valence electrons. The zero-order chi connectivity index (χ0) is 10.3. The van der Waals surface area contributed by atoms with Gasteiger partial charge in [0.15, 0.2) is 0 Å². The van der Waals surface area contributed by atoms with E-state index in [1.54, 1.807) is 0 Å². The highest BCUT2D eigenvalue weighted by molar-refractivity contribution is 5.00. The molecule has 2 rings (SSSR count). The molecular weight excluding hydrogens is 174 g/mol. The Morgan fingerprint density at radius 1 is 1.29 bits per heavy atom. The van der Waals surface area contributed by atoms with Crippen LogP contribution in [0.15, 0.2) is 0 Å². The summed E-state index contributed by atoms with van der Waals surface area (Å²) >= 11 is 0. The highest BCUT2D eigenvalue weighted by Gasteiger charge is 2.46. The quantitative estimate of drug-likeness (QED) is 0.748. The molecule has 14 heavy (non-hydrogen) atoms. The van der Waals surface area contributed by atoms with Crippen LogP contribution in [0.2, 0.25) is 0 Å². The zero-order valence-electron chi connectivity index (χ0n) is 9.66. The molecule has 2 heteroatoms. The van der Waals surface area contributed by atoms with Crippen molar-refractivity contribution in [3.63, 3.8) is 0 Å². The third-order valence-corrected chi connectivity index (χ3v) is 4.06. The zero-order valence-corrected chi connectivity index (χ0v) is 9.66. The van der Waals surface area contributed by atoms with Crippen molar-refractivity contribution in [1.82, 2.24) is 4.90 Å². The molecule has 2 atom stereocenters. The van der Waals surface area contributed by atoms with Crippen molar-refractivity contribution in [2.24, 2.45) is 5.41 Å². The first-order valence-corrected chi connectivity index (χ1v) is 6.00. The summed E-state index contributed by atoms with van der Waals surface area (Å²) in [5.41, 5.74) is 0.132. The van der Waals surface area contributed by atoms with E-state index in [4.69, 9.17) is 0 Å². The Bertz CT molecular complexity index is 210. The molecule has 2 unspecified atom stereocenters. The molecule has 2 fully saturated rings. The van der Waals surface area contributed by atoms with Crippen molar-refractivity contribution in [2.45, 2.75) is 64.6 Å². The van der Waals surface area contributed by atoms with Crippen molar-refractivity contribution >= 4 is 0 Å². The summed E-state index contributed by atoms with van der Waals surface area (Å²) in [4.78, 5) is 2.53. The lowest BCUT2D eigenvalue weighted by Gasteiger charge is -2.33. The fraction of sp³-hybridized carbons (Fsp3) is 1.00. The van der Waals surface area contributed by atoms with Crippen LogP contribution in [0.25, 0.3) is 0 Å². The summed E-state index contributed by atoms with van der Waals surface area (Å²) in [5, 5.41) is 10.3. The van der Waals surface area contributed by atoms with E-state index in [0.717, 1.165) is 12.6 Å². The summed E-state index contributed by atoms with van der Waals surface area (Å²) in [6.07, 6.45) is 4.92. The van der Waals surface area contributed by atoms with E-state index in [1.807, 2.05) is 0 Å². The number of hydrogen-bond donors (Lipinski definition) is 1. The highest BCUT2D eigenvalue weighted by Crippen LogP contribution is 2.42. The second-order valence-electron chi connectivity index (χ2n) is 5.60. The summed E-state index contributed by atoms with van der Waals surface area (Å²) in [5.74, 6) is 0. The van der Waals surface area contributed by atoms with Gasteiger partial charge in [0.1, 0.15) is 0 Å². The average Bonchev–Trinajstić information content (AvgIpc) is 2.90. The molecule has 2 nitrogen and oxygen atoms in total. The van der Waals surface area contributed by atoms with E-state index in [0.29, 0.717) is 6.04 Å². The highest BCUT2D eigenvalue weighted by atomic mass is 16.3. The van der Waals surface area contributed by atoms with Gasteiger partial charge in [0.2, 0.25) is 0 Å². The molecule has 2 saturated carbocycles. The topological polar surface area (TPSA) is 23.5 Å². The molecular formula is C12H23NO. The number of aliphatic hydroxyl groups is 1. The molecule has 0 bridgehead atoms. The first kappa shape index (κ1) is 10.4. The predicted molar refractivity (Wildman–Crippen MR) is 58.2 cm³/mol. The Morgan fingerprint density at radius 3 is 2.29 bits per heavy atom. The third kappa shape index (κ3) is 1.70. The first-order valence-electron chi connectivity index (χ1n) is 6.00. The lowest BCUT2D eigenvalue weighted by molar-refractivity contribution is 0.0133. The van der Waals surface area contributed by atoms with Gasteiger partial charge in [0.05, 0.1) is 6.10 Å². The molecule has 0 spiro atoms. The minimum absolute atomic E-state index is 0.122. The van der Waals surface area contributed by atoms with Crippen molar-refractivity contribution < 1.29 is 5.11 Å². The molecule has 0 aliphatic heterocycles. The largest absolute Gasteiger partial charge is 0.391 e. The fourth-order valence-corrected chi connectivity index (χ4v) is 2.86. The van der Waals surface area contributed by atoms with Gasteiger partial charge in [-0.25, -0.2) is 0 Å². The first-order chi connectivity index (χ1) is 6.56. The second kappa shape index (κ2) is 3.49. The molecule has 0 radical (unpaired) electrons. The normalized spacial score (nSPS) is 36.6. The SMILES string of the molecule is CCN(C1CC1)C1CCC(C)(C)C1O. The lowest BCUT2D eigenvalue weighted by Crippen LogP contribution is -2.45. The van der Waals surface area contributed by atoms with Gasteiger partial charge in [-0.15, -0.1) is 0 Å². The summed E-state index contributed by atoms with van der Waals surface area (Å²) in [6.45, 7) is 7.70. The van der Waals surface area contributed by atoms with Crippen LogP contribution in [0.5, 0.6) is 0 Å². The maximum Gasteiger partial charge on any atom is 0.0746 e. The molecule has 2 aliphatic rings. The van der Waals surface area contributed by atoms with Gasteiger partial charge in [-0.05, 0) is 37.6 Å². The maximum atomic E-state index is 10.3. The summed E-state index contributed by atoms with van der Waals surface area (Å²) < 4.78 is 0. The molecule has 2 aliphatic carbocycles. The standard InChI is InChI=1S/C12H23NO/c1-4-13(9-5-6-9)10-7-8-12(2,3)11(10)14/h9-11,14H,4-8H2,1-3H3. The number of rotatable bonds is 3. The Kier molecular flexibility index (Phi) is 2.61. The van der Waals surface area contributed by atoms with Crippen LogP contribution in [0, 0.1) is 5.41 Å². The van der Waals surface area contributed by atoms with Gasteiger partial charge >= 0.3 is 0 Å². The molecule has 0 heterocycles. The fourth-order valence-electron chi connectivity index (χ4n) is 2.86. The van der Waals surface area contributed by atoms with Gasteiger partial charge in [0.25, 0.3) is 0 Å². The van der Waals surface area contributed by atoms with Gasteiger partial charge < -0.3 is 5.11 Å². The van der Waals surface area contributed by atoms with Crippen LogP contribution in [0.3, 0.4) is 0 Å². The van der Waals surface area contributed by atoms with Crippen molar-refractivity contribution in [3.8, 4) is 0 Å². The Morgan fingerprint density at radius 2 is 1.93 bits per heavy atom. The molecule has 0 aromatic carbocycles. The van der Waals surface area contributed by atoms with Gasteiger partial charge in [-0.2, -0.15) is 0 Å². The van der Waals surface area contributed by atoms with Crippen LogP contribution in [-0.2, 0) is 0 Å². The summed E-state index contributed by atoms with van der Waals surface area (Å²) in [6, 6.07) is 1.22. The second-order valence-corrected chi connectivity index (χ2v) is 5.60. The van der Waals surface area contributed by atoms with Crippen molar-refractivity contribution in [2.75, 3.05) is 6.54 Å². The van der Waals surface area contributed by atoms with E-state index in [2.05, 4.69) is 25.7 Å². The van der Waals surface area contributed by atoms with Gasteiger partial charge in [-0.3, -0.25) is 4.90 Å². The van der Waals surface area contributed by atoms with Gasteiger partial charge in [0, 0.05) is 12.1 Å². The Balaban J connectivity index is 2.03. The van der Waals surface area contributed by atoms with Crippen molar-refractivity contribution in [1.29, 1.82) is 0 Å². The maximum absolute atomic E-state index is 10.3. The van der Waals surface area contributed by atoms with E-state index in [-0.39, 0.29) is 11.5 Å². The van der Waals surface area contributed by atoms with E-state index >= 15 is 0 Å². The molecule has 0 aromatic heterocycles. The minimum Gasteiger partial charge on any atom is -0.391 e. The van der Waals surface area contributed by atoms with E-state index in [1.165, 1.54) is 25.7 Å². The number of hydrogen-bond acceptors (Lipinski definition) is 2. The monoisotopic (exact) mass is 197 g/mol. The molecule has 0 saturated heterocycles.